The molecule has 108 valence electrons. The fraction of sp³-hybridized carbons (Fsp3) is 0.357. The highest BCUT2D eigenvalue weighted by atomic mass is 127. The Morgan fingerprint density at radius 1 is 1.25 bits per heavy atom. The highest BCUT2D eigenvalue weighted by Crippen LogP contribution is 2.20. The Labute approximate surface area is 131 Å². The minimum Gasteiger partial charge on any atom is -0.465 e. The average Bonchev–Trinajstić information content (AvgIpc) is 2.39. The first kappa shape index (κ1) is 16.6. The summed E-state index contributed by atoms with van der Waals surface area (Å²) in [6.45, 7) is 3.37. The molecule has 20 heavy (non-hydrogen) atoms. The number of hydrogen-bond donors (Lipinski definition) is 1. The van der Waals surface area contributed by atoms with E-state index in [-0.39, 0.29) is 12.5 Å². The van der Waals surface area contributed by atoms with Gasteiger partial charge in [-0.05, 0) is 19.1 Å². The second-order valence-electron chi connectivity index (χ2n) is 4.18. The lowest BCUT2D eigenvalue weighted by Crippen LogP contribution is -2.36. The molecule has 2 atom stereocenters. The standard InChI is InChI=1S/C14H16INO4/c1-3-20-14(19)11(12(15)17)9(2)13(18)16-10-7-5-4-6-8-10/h4-9,11H,3H2,1-2H3,(H,16,18). The lowest BCUT2D eigenvalue weighted by atomic mass is 9.94. The molecular weight excluding hydrogens is 373 g/mol. The van der Waals surface area contributed by atoms with Gasteiger partial charge in [0.2, 0.25) is 9.70 Å². The average molecular weight is 389 g/mol. The van der Waals surface area contributed by atoms with Crippen molar-refractivity contribution in [2.75, 3.05) is 11.9 Å². The van der Waals surface area contributed by atoms with Crippen LogP contribution in [0, 0.1) is 11.8 Å². The van der Waals surface area contributed by atoms with Gasteiger partial charge >= 0.3 is 5.97 Å². The fourth-order valence-corrected chi connectivity index (χ4v) is 2.45. The zero-order valence-electron chi connectivity index (χ0n) is 11.3. The molecule has 1 rings (SSSR count). The number of ether oxygens (including phenoxy) is 1. The topological polar surface area (TPSA) is 72.5 Å². The molecule has 6 heteroatoms. The Kier molecular flexibility index (Phi) is 6.63. The third-order valence-corrected chi connectivity index (χ3v) is 3.41. The van der Waals surface area contributed by atoms with Gasteiger partial charge in [-0.3, -0.25) is 14.4 Å². The minimum atomic E-state index is -1.08. The first-order chi connectivity index (χ1) is 9.47. The molecule has 0 saturated carbocycles. The van der Waals surface area contributed by atoms with E-state index in [1.807, 2.05) is 6.07 Å². The van der Waals surface area contributed by atoms with Gasteiger partial charge in [-0.25, -0.2) is 0 Å². The van der Waals surface area contributed by atoms with Crippen LogP contribution < -0.4 is 5.32 Å². The monoisotopic (exact) mass is 389 g/mol. The first-order valence-corrected chi connectivity index (χ1v) is 7.27. The van der Waals surface area contributed by atoms with Crippen LogP contribution in [-0.2, 0) is 19.1 Å². The van der Waals surface area contributed by atoms with E-state index in [9.17, 15) is 14.4 Å². The van der Waals surface area contributed by atoms with E-state index in [0.717, 1.165) is 0 Å². The molecule has 1 aromatic carbocycles. The summed E-state index contributed by atoms with van der Waals surface area (Å²) in [5.74, 6) is -2.93. The molecule has 0 aliphatic carbocycles. The SMILES string of the molecule is CCOC(=O)C(C(=O)I)C(C)C(=O)Nc1ccccc1. The van der Waals surface area contributed by atoms with Gasteiger partial charge in [-0.2, -0.15) is 0 Å². The van der Waals surface area contributed by atoms with Gasteiger partial charge in [0, 0.05) is 28.3 Å². The molecule has 1 N–H and O–H groups in total. The molecule has 0 aliphatic rings. The van der Waals surface area contributed by atoms with Crippen molar-refractivity contribution in [2.24, 2.45) is 11.8 Å². The van der Waals surface area contributed by atoms with Gasteiger partial charge in [-0.15, -0.1) is 0 Å². The highest BCUT2D eigenvalue weighted by molar-refractivity contribution is 14.1. The molecule has 1 aromatic rings. The number of hydrogen-bond acceptors (Lipinski definition) is 4. The summed E-state index contributed by atoms with van der Waals surface area (Å²) in [5.41, 5.74) is 0.618. The zero-order chi connectivity index (χ0) is 15.1. The molecule has 0 aliphatic heterocycles. The summed E-state index contributed by atoms with van der Waals surface area (Å²) in [5, 5.41) is 2.67. The fourth-order valence-electron chi connectivity index (χ4n) is 1.65. The van der Waals surface area contributed by atoms with Crippen LogP contribution in [0.15, 0.2) is 30.3 Å². The lowest BCUT2D eigenvalue weighted by Gasteiger charge is -2.18. The number of esters is 1. The van der Waals surface area contributed by atoms with Gasteiger partial charge in [0.1, 0.15) is 5.92 Å². The smallest absolute Gasteiger partial charge is 0.318 e. The number of amides is 1. The van der Waals surface area contributed by atoms with Crippen molar-refractivity contribution in [2.45, 2.75) is 13.8 Å². The van der Waals surface area contributed by atoms with Crippen LogP contribution in [0.5, 0.6) is 0 Å². The van der Waals surface area contributed by atoms with Crippen molar-refractivity contribution in [1.82, 2.24) is 0 Å². The van der Waals surface area contributed by atoms with Gasteiger partial charge in [0.05, 0.1) is 12.5 Å². The van der Waals surface area contributed by atoms with Crippen molar-refractivity contribution in [3.8, 4) is 0 Å². The first-order valence-electron chi connectivity index (χ1n) is 6.19. The summed E-state index contributed by atoms with van der Waals surface area (Å²) in [7, 11) is 0. The van der Waals surface area contributed by atoms with Crippen LogP contribution in [0.4, 0.5) is 5.69 Å². The Morgan fingerprint density at radius 3 is 2.35 bits per heavy atom. The predicted octanol–water partition coefficient (Wildman–Crippen LogP) is 2.40. The van der Waals surface area contributed by atoms with E-state index in [2.05, 4.69) is 5.32 Å². The van der Waals surface area contributed by atoms with Crippen LogP contribution in [0.1, 0.15) is 13.8 Å². The highest BCUT2D eigenvalue weighted by Gasteiger charge is 2.36. The number of carbonyl (C=O) groups excluding carboxylic acids is 3. The van der Waals surface area contributed by atoms with Crippen molar-refractivity contribution in [3.63, 3.8) is 0 Å². The van der Waals surface area contributed by atoms with Crippen LogP contribution in [0.25, 0.3) is 0 Å². The molecule has 0 saturated heterocycles. The molecule has 0 heterocycles. The number of anilines is 1. The Bertz CT molecular complexity index is 489. The minimum absolute atomic E-state index is 0.173. The third-order valence-electron chi connectivity index (χ3n) is 2.74. The molecule has 0 aromatic heterocycles. The molecule has 0 spiro atoms. The third kappa shape index (κ3) is 4.59. The van der Waals surface area contributed by atoms with Gasteiger partial charge in [-0.1, -0.05) is 25.1 Å². The summed E-state index contributed by atoms with van der Waals surface area (Å²) in [6, 6.07) is 8.86. The zero-order valence-corrected chi connectivity index (χ0v) is 13.4. The maximum atomic E-state index is 12.1. The Morgan fingerprint density at radius 2 is 1.85 bits per heavy atom. The van der Waals surface area contributed by atoms with Gasteiger partial charge in [0.25, 0.3) is 0 Å². The van der Waals surface area contributed by atoms with Crippen molar-refractivity contribution >= 4 is 43.9 Å². The molecule has 0 radical (unpaired) electrons. The Hall–Kier alpha value is -1.44. The van der Waals surface area contributed by atoms with Crippen LogP contribution in [0.2, 0.25) is 0 Å². The van der Waals surface area contributed by atoms with E-state index in [0.29, 0.717) is 5.69 Å². The van der Waals surface area contributed by atoms with Gasteiger partial charge in [0.15, 0.2) is 0 Å². The number of nitrogens with one attached hydrogen (secondary N) is 1. The van der Waals surface area contributed by atoms with Gasteiger partial charge < -0.3 is 10.1 Å². The second-order valence-corrected chi connectivity index (χ2v) is 5.24. The number of carbonyl (C=O) groups is 3. The number of halogens is 1. The molecule has 0 fully saturated rings. The Balaban J connectivity index is 2.79. The lowest BCUT2D eigenvalue weighted by molar-refractivity contribution is -0.153. The maximum Gasteiger partial charge on any atom is 0.318 e. The van der Waals surface area contributed by atoms with Crippen LogP contribution in [-0.4, -0.2) is 22.3 Å². The predicted molar refractivity (Wildman–Crippen MR) is 83.4 cm³/mol. The molecular formula is C14H16INO4. The summed E-state index contributed by atoms with van der Waals surface area (Å²) < 4.78 is 4.44. The molecule has 1 amide bonds. The van der Waals surface area contributed by atoms with E-state index in [4.69, 9.17) is 4.74 Å². The van der Waals surface area contributed by atoms with E-state index in [1.165, 1.54) is 29.5 Å². The second kappa shape index (κ2) is 7.98. The molecule has 2 unspecified atom stereocenters. The van der Waals surface area contributed by atoms with Crippen molar-refractivity contribution in [3.05, 3.63) is 30.3 Å². The molecule has 0 bridgehead atoms. The summed E-state index contributed by atoms with van der Waals surface area (Å²) >= 11 is 1.52. The summed E-state index contributed by atoms with van der Waals surface area (Å²) in [4.78, 5) is 35.4. The van der Waals surface area contributed by atoms with E-state index in [1.54, 1.807) is 31.2 Å². The van der Waals surface area contributed by atoms with Crippen molar-refractivity contribution in [1.29, 1.82) is 0 Å². The van der Waals surface area contributed by atoms with E-state index >= 15 is 0 Å². The number of benzene rings is 1. The summed E-state index contributed by atoms with van der Waals surface area (Å²) in [6.07, 6.45) is 0. The molecule has 5 nitrogen and oxygen atoms in total. The quantitative estimate of drug-likeness (QED) is 0.351. The largest absolute Gasteiger partial charge is 0.465 e. The van der Waals surface area contributed by atoms with Crippen LogP contribution >= 0.6 is 22.6 Å². The van der Waals surface area contributed by atoms with E-state index < -0.39 is 21.6 Å². The van der Waals surface area contributed by atoms with Crippen LogP contribution in [0.3, 0.4) is 0 Å². The maximum absolute atomic E-state index is 12.1. The van der Waals surface area contributed by atoms with Crippen molar-refractivity contribution < 1.29 is 19.1 Å². The normalized spacial score (nSPS) is 13.2. The number of rotatable bonds is 6. The number of para-hydroxylation sites is 1.